The topological polar surface area (TPSA) is 99.4 Å². The smallest absolute Gasteiger partial charge is 0.475 e. The number of aromatic amines is 1. The molecule has 170 valence electrons. The Morgan fingerprint density at radius 3 is 2.41 bits per heavy atom. The lowest BCUT2D eigenvalue weighted by Gasteiger charge is -2.32. The summed E-state index contributed by atoms with van der Waals surface area (Å²) in [6.45, 7) is 2.19. The van der Waals surface area contributed by atoms with E-state index in [-0.39, 0.29) is 5.91 Å². The maximum absolute atomic E-state index is 12.8. The number of aromatic nitrogens is 1. The van der Waals surface area contributed by atoms with Crippen LogP contribution < -0.4 is 5.73 Å². The van der Waals surface area contributed by atoms with Crippen LogP contribution >= 0.6 is 0 Å². The van der Waals surface area contributed by atoms with Gasteiger partial charge in [0.1, 0.15) is 0 Å². The average molecular weight is 447 g/mol. The Bertz CT molecular complexity index is 1090. The number of aliphatic carboxylic acids is 1. The predicted octanol–water partition coefficient (Wildman–Crippen LogP) is 4.28. The number of benzene rings is 2. The highest BCUT2D eigenvalue weighted by Crippen LogP contribution is 2.29. The Kier molecular flexibility index (Phi) is 7.19. The van der Waals surface area contributed by atoms with Gasteiger partial charge in [-0.15, -0.1) is 0 Å². The van der Waals surface area contributed by atoms with Gasteiger partial charge in [0.15, 0.2) is 0 Å². The molecule has 1 aromatic heterocycles. The first-order valence-corrected chi connectivity index (χ1v) is 10.1. The van der Waals surface area contributed by atoms with Gasteiger partial charge in [-0.3, -0.25) is 4.79 Å². The second-order valence-electron chi connectivity index (χ2n) is 7.60. The Morgan fingerprint density at radius 1 is 1.09 bits per heavy atom. The van der Waals surface area contributed by atoms with Crippen molar-refractivity contribution in [2.75, 3.05) is 13.1 Å². The molecule has 2 aromatic carbocycles. The number of alkyl halides is 3. The molecule has 9 heteroatoms. The van der Waals surface area contributed by atoms with Crippen LogP contribution in [0.3, 0.4) is 0 Å². The normalized spacial score (nSPS) is 14.7. The van der Waals surface area contributed by atoms with E-state index >= 15 is 0 Å². The molecule has 1 aliphatic heterocycles. The number of H-pyrrole nitrogens is 1. The third kappa shape index (κ3) is 5.67. The van der Waals surface area contributed by atoms with Crippen LogP contribution in [0.25, 0.3) is 10.9 Å². The van der Waals surface area contributed by atoms with Gasteiger partial charge in [0.05, 0.1) is 0 Å². The minimum atomic E-state index is -5.08. The molecule has 2 heterocycles. The highest BCUT2D eigenvalue weighted by Gasteiger charge is 2.38. The van der Waals surface area contributed by atoms with Crippen molar-refractivity contribution in [2.45, 2.75) is 31.5 Å². The first-order chi connectivity index (χ1) is 15.2. The molecule has 0 spiro atoms. The molecule has 0 atom stereocenters. The largest absolute Gasteiger partial charge is 0.490 e. The summed E-state index contributed by atoms with van der Waals surface area (Å²) >= 11 is 0. The van der Waals surface area contributed by atoms with Gasteiger partial charge in [-0.1, -0.05) is 30.3 Å². The molecule has 0 aliphatic carbocycles. The van der Waals surface area contributed by atoms with Crippen molar-refractivity contribution < 1.29 is 27.9 Å². The zero-order valence-corrected chi connectivity index (χ0v) is 17.2. The fourth-order valence-electron chi connectivity index (χ4n) is 3.75. The van der Waals surface area contributed by atoms with Crippen LogP contribution in [0.4, 0.5) is 13.2 Å². The summed E-state index contributed by atoms with van der Waals surface area (Å²) in [6, 6.07) is 16.4. The van der Waals surface area contributed by atoms with E-state index in [1.54, 1.807) is 0 Å². The van der Waals surface area contributed by atoms with Crippen LogP contribution in [0.2, 0.25) is 0 Å². The number of carboxylic acids is 1. The van der Waals surface area contributed by atoms with E-state index < -0.39 is 12.1 Å². The quantitative estimate of drug-likeness (QED) is 0.558. The molecular weight excluding hydrogens is 423 g/mol. The Labute approximate surface area is 182 Å². The zero-order valence-electron chi connectivity index (χ0n) is 17.2. The van der Waals surface area contributed by atoms with Gasteiger partial charge in [0.2, 0.25) is 0 Å². The molecule has 1 saturated heterocycles. The number of rotatable bonds is 3. The maximum atomic E-state index is 12.8. The number of hydrogen-bond donors (Lipinski definition) is 3. The van der Waals surface area contributed by atoms with E-state index in [4.69, 9.17) is 15.6 Å². The number of carbonyl (C=O) groups excluding carboxylic acids is 1. The van der Waals surface area contributed by atoms with Crippen LogP contribution in [0.5, 0.6) is 0 Å². The van der Waals surface area contributed by atoms with E-state index in [1.807, 2.05) is 35.4 Å². The van der Waals surface area contributed by atoms with Gasteiger partial charge in [-0.05, 0) is 53.5 Å². The standard InChI is InChI=1S/C21H23N3O.C2HF3O2/c22-14-15-2-1-3-18(12-15)16-7-10-24(11-8-16)21(25)19-5-4-17-6-9-23-20(17)13-19;3-2(4,5)1(6)7/h1-6,9,12-13,16,23H,7-8,10-11,14,22H2;(H,6,7). The summed E-state index contributed by atoms with van der Waals surface area (Å²) in [4.78, 5) is 26.9. The van der Waals surface area contributed by atoms with Crippen LogP contribution in [0, 0.1) is 0 Å². The monoisotopic (exact) mass is 447 g/mol. The second kappa shape index (κ2) is 9.86. The number of likely N-dealkylation sites (tertiary alicyclic amines) is 1. The van der Waals surface area contributed by atoms with Crippen molar-refractivity contribution in [1.29, 1.82) is 0 Å². The number of hydrogen-bond acceptors (Lipinski definition) is 3. The Balaban J connectivity index is 0.000000360. The maximum Gasteiger partial charge on any atom is 0.490 e. The second-order valence-corrected chi connectivity index (χ2v) is 7.60. The van der Waals surface area contributed by atoms with Gasteiger partial charge in [0, 0.05) is 36.9 Å². The number of fused-ring (bicyclic) bond motifs is 1. The first kappa shape index (κ1) is 23.3. The number of nitrogens with one attached hydrogen (secondary N) is 1. The van der Waals surface area contributed by atoms with E-state index in [1.165, 1.54) is 11.1 Å². The first-order valence-electron chi connectivity index (χ1n) is 10.1. The van der Waals surface area contributed by atoms with Crippen molar-refractivity contribution in [3.05, 3.63) is 71.4 Å². The SMILES string of the molecule is NCc1cccc(C2CCN(C(=O)c3ccc4cc[nH]c4c3)CC2)c1.O=C(O)C(F)(F)F. The number of halogens is 3. The highest BCUT2D eigenvalue weighted by atomic mass is 19.4. The lowest BCUT2D eigenvalue weighted by atomic mass is 9.88. The van der Waals surface area contributed by atoms with Crippen molar-refractivity contribution >= 4 is 22.8 Å². The fraction of sp³-hybridized carbons (Fsp3) is 0.304. The summed E-state index contributed by atoms with van der Waals surface area (Å²) in [6.07, 6.45) is -1.17. The molecule has 32 heavy (non-hydrogen) atoms. The number of carbonyl (C=O) groups is 2. The molecule has 1 aliphatic rings. The molecule has 4 N–H and O–H groups in total. The average Bonchev–Trinajstić information content (AvgIpc) is 3.26. The summed E-state index contributed by atoms with van der Waals surface area (Å²) in [5.41, 5.74) is 10.1. The molecule has 4 rings (SSSR count). The summed E-state index contributed by atoms with van der Waals surface area (Å²) < 4.78 is 31.7. The zero-order chi connectivity index (χ0) is 23.3. The van der Waals surface area contributed by atoms with E-state index in [9.17, 15) is 18.0 Å². The molecule has 0 bridgehead atoms. The highest BCUT2D eigenvalue weighted by molar-refractivity contribution is 5.98. The number of piperidine rings is 1. The fourth-order valence-corrected chi connectivity index (χ4v) is 3.75. The van der Waals surface area contributed by atoms with Crippen molar-refractivity contribution in [3.63, 3.8) is 0 Å². The molecule has 1 fully saturated rings. The van der Waals surface area contributed by atoms with Gasteiger partial charge in [0.25, 0.3) is 5.91 Å². The molecule has 0 saturated carbocycles. The van der Waals surface area contributed by atoms with Gasteiger partial charge < -0.3 is 20.7 Å². The van der Waals surface area contributed by atoms with E-state index in [0.717, 1.165) is 42.4 Å². The third-order valence-corrected chi connectivity index (χ3v) is 5.48. The van der Waals surface area contributed by atoms with Crippen LogP contribution in [-0.2, 0) is 11.3 Å². The summed E-state index contributed by atoms with van der Waals surface area (Å²) in [5.74, 6) is -2.11. The van der Waals surface area contributed by atoms with Gasteiger partial charge in [-0.2, -0.15) is 13.2 Å². The van der Waals surface area contributed by atoms with Gasteiger partial charge in [-0.25, -0.2) is 4.79 Å². The number of nitrogens with two attached hydrogens (primary N) is 1. The summed E-state index contributed by atoms with van der Waals surface area (Å²) in [5, 5.41) is 8.26. The molecule has 6 nitrogen and oxygen atoms in total. The molecular formula is C23H24F3N3O3. The van der Waals surface area contributed by atoms with E-state index in [2.05, 4.69) is 29.2 Å². The Morgan fingerprint density at radius 2 is 1.78 bits per heavy atom. The molecule has 0 radical (unpaired) electrons. The lowest BCUT2D eigenvalue weighted by molar-refractivity contribution is -0.192. The van der Waals surface area contributed by atoms with Crippen LogP contribution in [0.1, 0.15) is 40.2 Å². The van der Waals surface area contributed by atoms with E-state index in [0.29, 0.717) is 12.5 Å². The summed E-state index contributed by atoms with van der Waals surface area (Å²) in [7, 11) is 0. The number of nitrogens with zero attached hydrogens (tertiary/aromatic N) is 1. The van der Waals surface area contributed by atoms with Crippen LogP contribution in [0.15, 0.2) is 54.7 Å². The lowest BCUT2D eigenvalue weighted by Crippen LogP contribution is -2.37. The number of carboxylic acid groups (broad SMARTS) is 1. The predicted molar refractivity (Wildman–Crippen MR) is 114 cm³/mol. The van der Waals surface area contributed by atoms with Crippen molar-refractivity contribution in [3.8, 4) is 0 Å². The molecule has 3 aromatic rings. The minimum Gasteiger partial charge on any atom is -0.475 e. The van der Waals surface area contributed by atoms with Crippen molar-refractivity contribution in [2.24, 2.45) is 5.73 Å². The van der Waals surface area contributed by atoms with Crippen molar-refractivity contribution in [1.82, 2.24) is 9.88 Å². The Hall–Kier alpha value is -3.33. The van der Waals surface area contributed by atoms with Gasteiger partial charge >= 0.3 is 12.1 Å². The molecule has 1 amide bonds. The minimum absolute atomic E-state index is 0.130. The van der Waals surface area contributed by atoms with Crippen LogP contribution in [-0.4, -0.2) is 46.1 Å². The third-order valence-electron chi connectivity index (χ3n) is 5.48. The molecule has 0 unspecified atom stereocenters. The number of amides is 1.